The maximum absolute atomic E-state index is 10.1. The molecule has 1 heterocycles. The van der Waals surface area contributed by atoms with Gasteiger partial charge in [0.2, 0.25) is 0 Å². The van der Waals surface area contributed by atoms with Gasteiger partial charge in [-0.05, 0) is 36.1 Å². The van der Waals surface area contributed by atoms with Crippen molar-refractivity contribution < 1.29 is 5.11 Å². The van der Waals surface area contributed by atoms with Gasteiger partial charge in [0.25, 0.3) is 0 Å². The van der Waals surface area contributed by atoms with E-state index in [1.165, 1.54) is 24.8 Å². The van der Waals surface area contributed by atoms with E-state index in [-0.39, 0.29) is 5.41 Å². The van der Waals surface area contributed by atoms with Gasteiger partial charge in [-0.15, -0.1) is 0 Å². The van der Waals surface area contributed by atoms with Gasteiger partial charge in [-0.25, -0.2) is 0 Å². The second-order valence-corrected chi connectivity index (χ2v) is 5.45. The van der Waals surface area contributed by atoms with Crippen molar-refractivity contribution in [1.29, 1.82) is 0 Å². The van der Waals surface area contributed by atoms with Crippen LogP contribution in [0.5, 0.6) is 0 Å². The Kier molecular flexibility index (Phi) is 2.46. The lowest BCUT2D eigenvalue weighted by Crippen LogP contribution is -2.42. The van der Waals surface area contributed by atoms with Gasteiger partial charge < -0.3 is 10.4 Å². The fraction of sp³-hybridized carbons (Fsp3) is 0.538. The molecule has 1 saturated carbocycles. The average molecular weight is 238 g/mol. The third-order valence-electron chi connectivity index (χ3n) is 4.06. The Bertz CT molecular complexity index is 414. The zero-order chi connectivity index (χ0) is 11.2. The number of halogens is 1. The van der Waals surface area contributed by atoms with E-state index in [9.17, 15) is 5.11 Å². The van der Waals surface area contributed by atoms with Gasteiger partial charge in [0, 0.05) is 23.5 Å². The molecule has 3 heteroatoms. The van der Waals surface area contributed by atoms with Gasteiger partial charge in [0.15, 0.2) is 0 Å². The molecule has 1 aromatic rings. The van der Waals surface area contributed by atoms with Crippen LogP contribution in [-0.2, 0) is 5.41 Å². The summed E-state index contributed by atoms with van der Waals surface area (Å²) in [6, 6.07) is 5.91. The van der Waals surface area contributed by atoms with Crippen LogP contribution in [0.3, 0.4) is 0 Å². The van der Waals surface area contributed by atoms with Crippen LogP contribution in [-0.4, -0.2) is 18.2 Å². The fourth-order valence-corrected chi connectivity index (χ4v) is 3.15. The molecule has 1 aliphatic carbocycles. The first-order chi connectivity index (χ1) is 7.71. The zero-order valence-electron chi connectivity index (χ0n) is 9.17. The molecule has 16 heavy (non-hydrogen) atoms. The average Bonchev–Trinajstić information content (AvgIpc) is 2.34. The third kappa shape index (κ3) is 1.48. The Morgan fingerprint density at radius 3 is 2.88 bits per heavy atom. The number of aliphatic hydroxyl groups is 1. The molecule has 1 aromatic carbocycles. The number of hydrogen-bond acceptors (Lipinski definition) is 2. The van der Waals surface area contributed by atoms with E-state index in [2.05, 4.69) is 5.32 Å². The lowest BCUT2D eigenvalue weighted by molar-refractivity contribution is 0.177. The van der Waals surface area contributed by atoms with Crippen LogP contribution in [0.4, 0.5) is 0 Å². The Morgan fingerprint density at radius 1 is 1.38 bits per heavy atom. The van der Waals surface area contributed by atoms with Crippen LogP contribution in [0.25, 0.3) is 0 Å². The SMILES string of the molecule is OC1CNCC2(CCC2)c2cc(Cl)ccc21. The Morgan fingerprint density at radius 2 is 2.19 bits per heavy atom. The standard InChI is InChI=1S/C13H16ClNO/c14-9-2-3-10-11(6-9)13(4-1-5-13)8-15-7-12(10)16/h2-3,6,12,15-16H,1,4-5,7-8H2. The highest BCUT2D eigenvalue weighted by Gasteiger charge is 2.42. The number of benzene rings is 1. The van der Waals surface area contributed by atoms with Crippen molar-refractivity contribution in [3.63, 3.8) is 0 Å². The van der Waals surface area contributed by atoms with Crippen molar-refractivity contribution in [3.05, 3.63) is 34.3 Å². The number of hydrogen-bond donors (Lipinski definition) is 2. The van der Waals surface area contributed by atoms with Gasteiger partial charge in [0.05, 0.1) is 6.10 Å². The molecule has 0 aromatic heterocycles. The zero-order valence-corrected chi connectivity index (χ0v) is 9.93. The first-order valence-corrected chi connectivity index (χ1v) is 6.28. The highest BCUT2D eigenvalue weighted by Crippen LogP contribution is 2.47. The van der Waals surface area contributed by atoms with E-state index in [4.69, 9.17) is 11.6 Å². The Balaban J connectivity index is 2.14. The number of fused-ring (bicyclic) bond motifs is 2. The van der Waals surface area contributed by atoms with Crippen LogP contribution < -0.4 is 5.32 Å². The van der Waals surface area contributed by atoms with E-state index >= 15 is 0 Å². The lowest BCUT2D eigenvalue weighted by atomic mass is 9.63. The maximum atomic E-state index is 10.1. The van der Waals surface area contributed by atoms with Crippen molar-refractivity contribution in [3.8, 4) is 0 Å². The second kappa shape index (κ2) is 3.73. The molecule has 0 amide bonds. The molecule has 2 nitrogen and oxygen atoms in total. The molecule has 2 aliphatic rings. The Labute approximate surface area is 101 Å². The van der Waals surface area contributed by atoms with Crippen molar-refractivity contribution in [2.45, 2.75) is 30.8 Å². The second-order valence-electron chi connectivity index (χ2n) is 5.01. The van der Waals surface area contributed by atoms with E-state index in [1.807, 2.05) is 18.2 Å². The van der Waals surface area contributed by atoms with Crippen LogP contribution >= 0.6 is 11.6 Å². The molecule has 0 radical (unpaired) electrons. The molecular weight excluding hydrogens is 222 g/mol. The molecular formula is C13H16ClNO. The third-order valence-corrected chi connectivity index (χ3v) is 4.29. The monoisotopic (exact) mass is 237 g/mol. The minimum absolute atomic E-state index is 0.234. The van der Waals surface area contributed by atoms with Gasteiger partial charge >= 0.3 is 0 Å². The van der Waals surface area contributed by atoms with E-state index < -0.39 is 6.10 Å². The summed E-state index contributed by atoms with van der Waals surface area (Å²) in [6.07, 6.45) is 3.30. The summed E-state index contributed by atoms with van der Waals surface area (Å²) in [6.45, 7) is 1.62. The number of β-amino-alcohol motifs (C(OH)–C–C–N with tert-alkyl or cyclic N) is 1. The van der Waals surface area contributed by atoms with E-state index in [1.54, 1.807) is 0 Å². The van der Waals surface area contributed by atoms with Gasteiger partial charge in [-0.1, -0.05) is 24.1 Å². The molecule has 1 spiro atoms. The lowest BCUT2D eigenvalue weighted by Gasteiger charge is -2.42. The normalized spacial score (nSPS) is 27.0. The highest BCUT2D eigenvalue weighted by atomic mass is 35.5. The molecule has 1 fully saturated rings. The Hall–Kier alpha value is -0.570. The van der Waals surface area contributed by atoms with E-state index in [0.717, 1.165) is 17.1 Å². The topological polar surface area (TPSA) is 32.3 Å². The van der Waals surface area contributed by atoms with Crippen LogP contribution in [0.1, 0.15) is 36.5 Å². The van der Waals surface area contributed by atoms with Gasteiger partial charge in [-0.3, -0.25) is 0 Å². The quantitative estimate of drug-likeness (QED) is 0.726. The number of nitrogens with one attached hydrogen (secondary N) is 1. The van der Waals surface area contributed by atoms with Crippen LogP contribution in [0.2, 0.25) is 5.02 Å². The summed E-state index contributed by atoms with van der Waals surface area (Å²) in [5.74, 6) is 0. The largest absolute Gasteiger partial charge is 0.387 e. The van der Waals surface area contributed by atoms with Crippen LogP contribution in [0.15, 0.2) is 18.2 Å². The summed E-state index contributed by atoms with van der Waals surface area (Å²) in [4.78, 5) is 0. The van der Waals surface area contributed by atoms with Gasteiger partial charge in [-0.2, -0.15) is 0 Å². The minimum Gasteiger partial charge on any atom is -0.387 e. The molecule has 3 rings (SSSR count). The van der Waals surface area contributed by atoms with Crippen molar-refractivity contribution in [1.82, 2.24) is 5.32 Å². The molecule has 0 bridgehead atoms. The smallest absolute Gasteiger partial charge is 0.0917 e. The predicted molar refractivity (Wildman–Crippen MR) is 64.8 cm³/mol. The van der Waals surface area contributed by atoms with Gasteiger partial charge in [0.1, 0.15) is 0 Å². The predicted octanol–water partition coefficient (Wildman–Crippen LogP) is 2.40. The molecule has 0 saturated heterocycles. The van der Waals surface area contributed by atoms with Crippen LogP contribution in [0, 0.1) is 0 Å². The molecule has 1 unspecified atom stereocenters. The van der Waals surface area contributed by atoms with Crippen molar-refractivity contribution in [2.24, 2.45) is 0 Å². The van der Waals surface area contributed by atoms with Crippen molar-refractivity contribution in [2.75, 3.05) is 13.1 Å². The molecule has 2 N–H and O–H groups in total. The maximum Gasteiger partial charge on any atom is 0.0917 e. The fourth-order valence-electron chi connectivity index (χ4n) is 2.98. The summed E-state index contributed by atoms with van der Waals surface area (Å²) in [7, 11) is 0. The summed E-state index contributed by atoms with van der Waals surface area (Å²) in [5.41, 5.74) is 2.57. The highest BCUT2D eigenvalue weighted by molar-refractivity contribution is 6.30. The molecule has 1 atom stereocenters. The summed E-state index contributed by atoms with van der Waals surface area (Å²) in [5, 5.41) is 14.2. The van der Waals surface area contributed by atoms with Crippen molar-refractivity contribution >= 4 is 11.6 Å². The summed E-state index contributed by atoms with van der Waals surface area (Å²) < 4.78 is 0. The number of rotatable bonds is 0. The van der Waals surface area contributed by atoms with E-state index in [0.29, 0.717) is 6.54 Å². The summed E-state index contributed by atoms with van der Waals surface area (Å²) >= 11 is 6.08. The molecule has 1 aliphatic heterocycles. The minimum atomic E-state index is -0.396. The first kappa shape index (κ1) is 10.6. The molecule has 86 valence electrons. The number of aliphatic hydroxyl groups excluding tert-OH is 1. The first-order valence-electron chi connectivity index (χ1n) is 5.90.